The van der Waals surface area contributed by atoms with Gasteiger partial charge in [0.15, 0.2) is 5.78 Å². The smallest absolute Gasteiger partial charge is 0.157 e. The first-order chi connectivity index (χ1) is 14.8. The molecule has 0 bridgehead atoms. The number of ketones is 2. The average Bonchev–Trinajstić information content (AvgIpc) is 2.74. The molecule has 1 aliphatic rings. The van der Waals surface area contributed by atoms with E-state index in [-0.39, 0.29) is 5.78 Å². The number of Topliss-reactive ketones (excluding diaryl/α,β-unsaturated/α-hetero) is 2. The summed E-state index contributed by atoms with van der Waals surface area (Å²) < 4.78 is 6.41. The molecule has 0 aromatic heterocycles. The molecule has 0 aromatic carbocycles. The van der Waals surface area contributed by atoms with Crippen molar-refractivity contribution in [2.24, 2.45) is 17.8 Å². The number of ether oxygens (including phenoxy) is 1. The Hall–Kier alpha value is -0.960. The number of allylic oxidation sites excluding steroid dienone is 1. The summed E-state index contributed by atoms with van der Waals surface area (Å²) in [5.74, 6) is 2.65. The number of carbonyl (C=O) groups excluding carboxylic acids is 2. The summed E-state index contributed by atoms with van der Waals surface area (Å²) in [6.07, 6.45) is 15.1. The van der Waals surface area contributed by atoms with Crippen LogP contribution in [-0.4, -0.2) is 23.8 Å². The van der Waals surface area contributed by atoms with Gasteiger partial charge in [0.25, 0.3) is 0 Å². The second-order valence-corrected chi connectivity index (χ2v) is 10.2. The molecule has 5 atom stereocenters. The fourth-order valence-corrected chi connectivity index (χ4v) is 4.92. The summed E-state index contributed by atoms with van der Waals surface area (Å²) in [5, 5.41) is 0. The van der Waals surface area contributed by atoms with E-state index in [1.807, 2.05) is 0 Å². The van der Waals surface area contributed by atoms with E-state index in [2.05, 4.69) is 34.3 Å². The predicted molar refractivity (Wildman–Crippen MR) is 131 cm³/mol. The first-order valence-corrected chi connectivity index (χ1v) is 13.1. The van der Waals surface area contributed by atoms with E-state index in [1.54, 1.807) is 6.92 Å². The van der Waals surface area contributed by atoms with Crippen molar-refractivity contribution < 1.29 is 14.3 Å². The van der Waals surface area contributed by atoms with Crippen LogP contribution in [0.25, 0.3) is 0 Å². The Morgan fingerprint density at radius 2 is 1.19 bits per heavy atom. The highest BCUT2D eigenvalue weighted by molar-refractivity contribution is 5.93. The molecule has 31 heavy (non-hydrogen) atoms. The SMILES string of the molecule is C=C(C)C(=O)CCCCCCC(=O)CCCCCCCC1OC(CC)C(C)C(C)C1C. The Morgan fingerprint density at radius 1 is 0.710 bits per heavy atom. The maximum atomic E-state index is 12.0. The van der Waals surface area contributed by atoms with Gasteiger partial charge >= 0.3 is 0 Å². The molecular formula is C28H50O3. The van der Waals surface area contributed by atoms with Crippen molar-refractivity contribution in [2.75, 3.05) is 0 Å². The first-order valence-electron chi connectivity index (χ1n) is 13.1. The van der Waals surface area contributed by atoms with Gasteiger partial charge in [-0.2, -0.15) is 0 Å². The van der Waals surface area contributed by atoms with Crippen molar-refractivity contribution in [1.29, 1.82) is 0 Å². The largest absolute Gasteiger partial charge is 0.374 e. The van der Waals surface area contributed by atoms with Gasteiger partial charge in [0.05, 0.1) is 12.2 Å². The molecule has 1 saturated heterocycles. The van der Waals surface area contributed by atoms with Gasteiger partial charge in [-0.1, -0.05) is 72.8 Å². The summed E-state index contributed by atoms with van der Waals surface area (Å²) in [7, 11) is 0. The molecule has 1 rings (SSSR count). The molecule has 0 spiro atoms. The van der Waals surface area contributed by atoms with Crippen LogP contribution in [0.1, 0.15) is 125 Å². The maximum absolute atomic E-state index is 12.0. The lowest BCUT2D eigenvalue weighted by Crippen LogP contribution is -2.44. The van der Waals surface area contributed by atoms with Crippen LogP contribution in [0.5, 0.6) is 0 Å². The van der Waals surface area contributed by atoms with E-state index in [4.69, 9.17) is 4.74 Å². The van der Waals surface area contributed by atoms with Gasteiger partial charge < -0.3 is 4.74 Å². The van der Waals surface area contributed by atoms with E-state index in [9.17, 15) is 9.59 Å². The van der Waals surface area contributed by atoms with Crippen molar-refractivity contribution >= 4 is 11.6 Å². The van der Waals surface area contributed by atoms with Crippen LogP contribution in [0.3, 0.4) is 0 Å². The number of hydrogen-bond donors (Lipinski definition) is 0. The number of hydrogen-bond acceptors (Lipinski definition) is 3. The van der Waals surface area contributed by atoms with Gasteiger partial charge in [-0.3, -0.25) is 9.59 Å². The van der Waals surface area contributed by atoms with Crippen molar-refractivity contribution in [3.05, 3.63) is 12.2 Å². The lowest BCUT2D eigenvalue weighted by molar-refractivity contribution is -0.136. The summed E-state index contributed by atoms with van der Waals surface area (Å²) in [6, 6.07) is 0. The zero-order valence-electron chi connectivity index (χ0n) is 21.2. The van der Waals surface area contributed by atoms with Crippen LogP contribution in [-0.2, 0) is 14.3 Å². The fraction of sp³-hybridized carbons (Fsp3) is 0.857. The van der Waals surface area contributed by atoms with Gasteiger partial charge in [-0.15, -0.1) is 0 Å². The fourth-order valence-electron chi connectivity index (χ4n) is 4.92. The Bertz CT molecular complexity index is 536. The molecular weight excluding hydrogens is 384 g/mol. The number of rotatable bonds is 17. The average molecular weight is 435 g/mol. The van der Waals surface area contributed by atoms with E-state index < -0.39 is 0 Å². The Kier molecular flexibility index (Phi) is 14.3. The van der Waals surface area contributed by atoms with Crippen LogP contribution in [0.4, 0.5) is 0 Å². The highest BCUT2D eigenvalue weighted by atomic mass is 16.5. The molecule has 0 N–H and O–H groups in total. The molecule has 0 aromatic rings. The summed E-state index contributed by atoms with van der Waals surface area (Å²) >= 11 is 0. The molecule has 1 fully saturated rings. The van der Waals surface area contributed by atoms with Gasteiger partial charge in [0.2, 0.25) is 0 Å². The lowest BCUT2D eigenvalue weighted by Gasteiger charge is -2.44. The number of unbranched alkanes of at least 4 members (excludes halogenated alkanes) is 7. The van der Waals surface area contributed by atoms with Crippen LogP contribution < -0.4 is 0 Å². The number of carbonyl (C=O) groups is 2. The van der Waals surface area contributed by atoms with Crippen molar-refractivity contribution in [3.63, 3.8) is 0 Å². The minimum atomic E-state index is 0.172. The minimum Gasteiger partial charge on any atom is -0.374 e. The second kappa shape index (κ2) is 15.8. The van der Waals surface area contributed by atoms with Crippen molar-refractivity contribution in [3.8, 4) is 0 Å². The first kappa shape index (κ1) is 28.1. The highest BCUT2D eigenvalue weighted by Crippen LogP contribution is 2.37. The van der Waals surface area contributed by atoms with Crippen molar-refractivity contribution in [2.45, 2.75) is 137 Å². The molecule has 1 heterocycles. The zero-order valence-corrected chi connectivity index (χ0v) is 21.2. The van der Waals surface area contributed by atoms with Crippen LogP contribution in [0.15, 0.2) is 12.2 Å². The Morgan fingerprint density at radius 3 is 1.74 bits per heavy atom. The lowest BCUT2D eigenvalue weighted by atomic mass is 9.75. The third-order valence-corrected chi connectivity index (χ3v) is 7.61. The normalized spacial score (nSPS) is 26.0. The van der Waals surface area contributed by atoms with Gasteiger partial charge in [0, 0.05) is 19.3 Å². The molecule has 0 radical (unpaired) electrons. The molecule has 3 heteroatoms. The monoisotopic (exact) mass is 434 g/mol. The van der Waals surface area contributed by atoms with Gasteiger partial charge in [-0.05, 0) is 62.4 Å². The van der Waals surface area contributed by atoms with Crippen molar-refractivity contribution in [1.82, 2.24) is 0 Å². The molecule has 5 unspecified atom stereocenters. The third kappa shape index (κ3) is 10.9. The summed E-state index contributed by atoms with van der Waals surface area (Å²) in [5.41, 5.74) is 0.654. The van der Waals surface area contributed by atoms with Crippen LogP contribution >= 0.6 is 0 Å². The summed E-state index contributed by atoms with van der Waals surface area (Å²) in [4.78, 5) is 23.5. The molecule has 3 nitrogen and oxygen atoms in total. The Labute approximate surface area is 192 Å². The highest BCUT2D eigenvalue weighted by Gasteiger charge is 2.37. The Balaban J connectivity index is 1.99. The van der Waals surface area contributed by atoms with E-state index in [1.165, 1.54) is 32.1 Å². The molecule has 0 saturated carbocycles. The third-order valence-electron chi connectivity index (χ3n) is 7.61. The minimum absolute atomic E-state index is 0.172. The standard InChI is InChI=1S/C28H50O3/c1-7-27-23(5)22(4)24(6)28(31-27)20-16-10-8-9-13-17-25(29)18-14-11-12-15-19-26(30)21(2)3/h22-24,27-28H,2,7-20H2,1,3-6H3. The van der Waals surface area contributed by atoms with Crippen LogP contribution in [0, 0.1) is 17.8 Å². The van der Waals surface area contributed by atoms with E-state index in [0.717, 1.165) is 50.9 Å². The molecule has 180 valence electrons. The van der Waals surface area contributed by atoms with E-state index in [0.29, 0.717) is 48.2 Å². The predicted octanol–water partition coefficient (Wildman–Crippen LogP) is 7.86. The summed E-state index contributed by atoms with van der Waals surface area (Å²) in [6.45, 7) is 14.8. The molecule has 0 amide bonds. The van der Waals surface area contributed by atoms with E-state index >= 15 is 0 Å². The molecule has 1 aliphatic heterocycles. The van der Waals surface area contributed by atoms with Crippen LogP contribution in [0.2, 0.25) is 0 Å². The van der Waals surface area contributed by atoms with Gasteiger partial charge in [0.1, 0.15) is 5.78 Å². The quantitative estimate of drug-likeness (QED) is 0.173. The maximum Gasteiger partial charge on any atom is 0.157 e. The topological polar surface area (TPSA) is 43.4 Å². The van der Waals surface area contributed by atoms with Gasteiger partial charge in [-0.25, -0.2) is 0 Å². The second-order valence-electron chi connectivity index (χ2n) is 10.2. The molecule has 0 aliphatic carbocycles. The zero-order chi connectivity index (χ0) is 23.2.